The van der Waals surface area contributed by atoms with Gasteiger partial charge in [-0.25, -0.2) is 4.79 Å². The predicted octanol–water partition coefficient (Wildman–Crippen LogP) is 11.1. The molecule has 0 radical (unpaired) electrons. The number of halogens is 26. The van der Waals surface area contributed by atoms with Crippen LogP contribution < -0.4 is 4.74 Å². The zero-order chi connectivity index (χ0) is 48.0. The van der Waals surface area contributed by atoms with Gasteiger partial charge in [0.05, 0.1) is 18.1 Å². The van der Waals surface area contributed by atoms with E-state index in [1.807, 2.05) is 0 Å². The number of alkyl halides is 26. The molecule has 1 aromatic rings. The van der Waals surface area contributed by atoms with Gasteiger partial charge in [0, 0.05) is 25.0 Å². The SMILES string of the molecule is CC(COC(=O)Oc1ccc([N+](=O)[O-])cc1)(OCCC(F)(F)C(F)(F)C(F)(F)C(F)(F)C(F)(F)C(F)(F)F)OCCC(F)(F)C(F)(F)C(F)(F)C(F)(F)C(F)(F)C(F)(F)F. The Hall–Kier alpha value is -4.01. The summed E-state index contributed by atoms with van der Waals surface area (Å²) in [6.45, 7) is -7.24. The Labute approximate surface area is 312 Å². The normalized spacial score (nSPS) is 15.2. The maximum Gasteiger partial charge on any atom is 0.514 e. The van der Waals surface area contributed by atoms with Gasteiger partial charge in [0.15, 0.2) is 5.79 Å². The van der Waals surface area contributed by atoms with Crippen molar-refractivity contribution in [1.82, 2.24) is 0 Å². The number of benzene rings is 1. The lowest BCUT2D eigenvalue weighted by molar-refractivity contribution is -0.441. The molecule has 8 nitrogen and oxygen atoms in total. The van der Waals surface area contributed by atoms with Crippen LogP contribution in [0.3, 0.4) is 0 Å². The molecule has 350 valence electrons. The summed E-state index contributed by atoms with van der Waals surface area (Å²) in [5.41, 5.74) is -0.680. The van der Waals surface area contributed by atoms with Crippen LogP contribution in [0.15, 0.2) is 24.3 Å². The number of rotatable bonds is 20. The molecule has 0 aliphatic carbocycles. The van der Waals surface area contributed by atoms with E-state index in [-0.39, 0.29) is 6.92 Å². The van der Waals surface area contributed by atoms with Crippen LogP contribution in [-0.4, -0.2) is 108 Å². The molecule has 0 bridgehead atoms. The van der Waals surface area contributed by atoms with Gasteiger partial charge < -0.3 is 18.9 Å². The van der Waals surface area contributed by atoms with Crippen molar-refractivity contribution in [3.05, 3.63) is 34.4 Å². The number of ether oxygens (including phenoxy) is 4. The molecular weight excluding hydrogens is 932 g/mol. The molecule has 0 saturated carbocycles. The Morgan fingerprint density at radius 1 is 0.517 bits per heavy atom. The fourth-order valence-corrected chi connectivity index (χ4v) is 3.78. The van der Waals surface area contributed by atoms with E-state index in [9.17, 15) is 129 Å². The molecule has 60 heavy (non-hydrogen) atoms. The molecule has 0 saturated heterocycles. The molecule has 1 aromatic carbocycles. The number of nitro groups is 1. The molecule has 0 atom stereocenters. The van der Waals surface area contributed by atoms with Crippen LogP contribution in [0.25, 0.3) is 0 Å². The largest absolute Gasteiger partial charge is 0.514 e. The van der Waals surface area contributed by atoms with Crippen LogP contribution in [0.5, 0.6) is 5.75 Å². The smallest absolute Gasteiger partial charge is 0.428 e. The molecule has 34 heteroatoms. The second kappa shape index (κ2) is 16.4. The third kappa shape index (κ3) is 9.55. The quantitative estimate of drug-likeness (QED) is 0.0321. The van der Waals surface area contributed by atoms with E-state index in [0.717, 1.165) is 0 Å². The van der Waals surface area contributed by atoms with Crippen molar-refractivity contribution >= 4 is 11.8 Å². The molecule has 0 heterocycles. The van der Waals surface area contributed by atoms with E-state index in [1.54, 1.807) is 0 Å². The zero-order valence-corrected chi connectivity index (χ0v) is 28.0. The van der Waals surface area contributed by atoms with Crippen LogP contribution in [-0.2, 0) is 14.2 Å². The van der Waals surface area contributed by atoms with E-state index >= 15 is 0 Å². The van der Waals surface area contributed by atoms with E-state index < -0.39 is 133 Å². The third-order valence-electron chi connectivity index (χ3n) is 7.34. The number of carbonyl (C=O) groups excluding carboxylic acids is 1. The Morgan fingerprint density at radius 3 is 1.10 bits per heavy atom. The van der Waals surface area contributed by atoms with Gasteiger partial charge >= 0.3 is 77.7 Å². The molecule has 0 aromatic heterocycles. The van der Waals surface area contributed by atoms with Gasteiger partial charge in [-0.2, -0.15) is 114 Å². The lowest BCUT2D eigenvalue weighted by Gasteiger charge is -2.40. The van der Waals surface area contributed by atoms with E-state index in [0.29, 0.717) is 24.3 Å². The van der Waals surface area contributed by atoms with E-state index in [2.05, 4.69) is 18.9 Å². The summed E-state index contributed by atoms with van der Waals surface area (Å²) >= 11 is 0. The summed E-state index contributed by atoms with van der Waals surface area (Å²) in [7, 11) is 0. The lowest BCUT2D eigenvalue weighted by Crippen LogP contribution is -2.70. The van der Waals surface area contributed by atoms with Gasteiger partial charge in [-0.05, 0) is 19.1 Å². The first-order valence-electron chi connectivity index (χ1n) is 14.5. The molecular formula is C26H17F26NO7. The molecule has 0 amide bonds. The lowest BCUT2D eigenvalue weighted by atomic mass is 9.92. The first-order valence-corrected chi connectivity index (χ1v) is 14.5. The number of nitro benzene ring substituents is 1. The number of nitrogens with zero attached hydrogens (tertiary/aromatic N) is 1. The van der Waals surface area contributed by atoms with Crippen LogP contribution in [0.1, 0.15) is 19.8 Å². The Bertz CT molecular complexity index is 1580. The van der Waals surface area contributed by atoms with Gasteiger partial charge in [-0.3, -0.25) is 10.1 Å². The minimum Gasteiger partial charge on any atom is -0.428 e. The van der Waals surface area contributed by atoms with Crippen molar-refractivity contribution < 1.29 is 143 Å². The minimum atomic E-state index is -8.39. The highest BCUT2D eigenvalue weighted by molar-refractivity contribution is 5.64. The Kier molecular flexibility index (Phi) is 14.7. The molecule has 0 spiro atoms. The molecule has 0 aliphatic heterocycles. The van der Waals surface area contributed by atoms with Crippen LogP contribution in [0.2, 0.25) is 0 Å². The average molecular weight is 949 g/mol. The Balaban J connectivity index is 3.47. The van der Waals surface area contributed by atoms with Crippen molar-refractivity contribution in [1.29, 1.82) is 0 Å². The number of hydrogen-bond donors (Lipinski definition) is 0. The molecule has 0 aliphatic rings. The molecule has 0 fully saturated rings. The maximum absolute atomic E-state index is 14.2. The second-order valence-electron chi connectivity index (χ2n) is 11.7. The fourth-order valence-electron chi connectivity index (χ4n) is 3.78. The van der Waals surface area contributed by atoms with Gasteiger partial charge in [0.2, 0.25) is 0 Å². The van der Waals surface area contributed by atoms with Gasteiger partial charge in [0.1, 0.15) is 12.4 Å². The zero-order valence-electron chi connectivity index (χ0n) is 28.0. The summed E-state index contributed by atoms with van der Waals surface area (Å²) < 4.78 is 365. The number of non-ortho nitro benzene ring substituents is 1. The molecule has 1 rings (SSSR count). The summed E-state index contributed by atoms with van der Waals surface area (Å²) in [6, 6.07) is 2.48. The monoisotopic (exact) mass is 949 g/mol. The highest BCUT2D eigenvalue weighted by Gasteiger charge is 2.92. The van der Waals surface area contributed by atoms with Gasteiger partial charge in [-0.1, -0.05) is 0 Å². The first kappa shape index (κ1) is 54.0. The van der Waals surface area contributed by atoms with Crippen molar-refractivity contribution in [2.24, 2.45) is 0 Å². The Morgan fingerprint density at radius 2 is 0.817 bits per heavy atom. The summed E-state index contributed by atoms with van der Waals surface area (Å²) in [5.74, 6) is -84.0. The maximum atomic E-state index is 14.2. The van der Waals surface area contributed by atoms with E-state index in [1.165, 1.54) is 0 Å². The highest BCUT2D eigenvalue weighted by atomic mass is 19.4. The number of hydrogen-bond acceptors (Lipinski definition) is 7. The van der Waals surface area contributed by atoms with Crippen LogP contribution >= 0.6 is 0 Å². The third-order valence-corrected chi connectivity index (χ3v) is 7.34. The summed E-state index contributed by atoms with van der Waals surface area (Å²) in [6.07, 6.45) is -24.4. The van der Waals surface area contributed by atoms with Crippen LogP contribution in [0, 0.1) is 10.1 Å². The standard InChI is InChI=1S/C26H17F26NO7/c1-14(10-57-13(54)60-12-4-2-11(3-5-12)53(55)56,58-8-6-15(27,28)17(31,32)19(35,36)21(39,40)23(43,44)25(47,48)49)59-9-7-16(29,30)18(33,34)20(37,38)22(41,42)24(45,46)26(50,51)52/h2-5H,6-10H2,1H3. The molecule has 0 N–H and O–H groups in total. The summed E-state index contributed by atoms with van der Waals surface area (Å²) in [5, 5.41) is 10.7. The van der Waals surface area contributed by atoms with Gasteiger partial charge in [-0.15, -0.1) is 0 Å². The molecule has 0 unspecified atom stereocenters. The minimum absolute atomic E-state index is 0.0159. The van der Waals surface area contributed by atoms with Crippen molar-refractivity contribution in [2.75, 3.05) is 19.8 Å². The number of carbonyl (C=O) groups is 1. The van der Waals surface area contributed by atoms with Crippen molar-refractivity contribution in [2.45, 2.75) is 97.1 Å². The second-order valence-corrected chi connectivity index (χ2v) is 11.7. The fraction of sp³-hybridized carbons (Fsp3) is 0.731. The van der Waals surface area contributed by atoms with Crippen LogP contribution in [0.4, 0.5) is 125 Å². The first-order chi connectivity index (χ1) is 26.2. The highest BCUT2D eigenvalue weighted by Crippen LogP contribution is 2.62. The van der Waals surface area contributed by atoms with Crippen molar-refractivity contribution in [3.63, 3.8) is 0 Å². The van der Waals surface area contributed by atoms with E-state index in [4.69, 9.17) is 0 Å². The topological polar surface area (TPSA) is 97.1 Å². The van der Waals surface area contributed by atoms with Crippen molar-refractivity contribution in [3.8, 4) is 5.75 Å². The predicted molar refractivity (Wildman–Crippen MR) is 136 cm³/mol. The van der Waals surface area contributed by atoms with Gasteiger partial charge in [0.25, 0.3) is 5.69 Å². The average Bonchev–Trinajstić information content (AvgIpc) is 3.05. The summed E-state index contributed by atoms with van der Waals surface area (Å²) in [4.78, 5) is 21.7.